The van der Waals surface area contributed by atoms with E-state index in [1.54, 1.807) is 0 Å². The molecule has 274 valence electrons. The molecule has 58 heavy (non-hydrogen) atoms. The molecule has 11 aromatic rings. The summed E-state index contributed by atoms with van der Waals surface area (Å²) in [6, 6.07) is 48.4. The third kappa shape index (κ3) is 3.95. The first-order valence-corrected chi connectivity index (χ1v) is 20.5. The predicted octanol–water partition coefficient (Wildman–Crippen LogP) is 12.9. The Hall–Kier alpha value is -6.78. The summed E-state index contributed by atoms with van der Waals surface area (Å²) in [4.78, 5) is 0. The predicted molar refractivity (Wildman–Crippen MR) is 246 cm³/mol. The minimum atomic E-state index is -0.0775. The van der Waals surface area contributed by atoms with Crippen LogP contribution in [0.15, 0.2) is 132 Å². The summed E-state index contributed by atoms with van der Waals surface area (Å²) in [5.74, 6) is 0. The lowest BCUT2D eigenvalue weighted by Crippen LogP contribution is -2.55. The van der Waals surface area contributed by atoms with Crippen LogP contribution < -0.4 is 10.9 Å². The lowest BCUT2D eigenvalue weighted by molar-refractivity contribution is 0.667. The molecular formula is C54H39BN2O. The van der Waals surface area contributed by atoms with Crippen molar-refractivity contribution in [3.05, 3.63) is 161 Å². The molecule has 0 bridgehead atoms. The Morgan fingerprint density at radius 1 is 0.466 bits per heavy atom. The smallest absolute Gasteiger partial charge is 0.333 e. The molecule has 0 saturated carbocycles. The van der Waals surface area contributed by atoms with Gasteiger partial charge in [0.15, 0.2) is 5.58 Å². The van der Waals surface area contributed by atoms with E-state index in [1.165, 1.54) is 121 Å². The van der Waals surface area contributed by atoms with Crippen molar-refractivity contribution in [3.8, 4) is 39.1 Å². The monoisotopic (exact) mass is 742 g/mol. The van der Waals surface area contributed by atoms with E-state index in [9.17, 15) is 0 Å². The Kier molecular flexibility index (Phi) is 6.13. The molecule has 5 heterocycles. The van der Waals surface area contributed by atoms with Crippen LogP contribution in [-0.4, -0.2) is 15.9 Å². The number of hydrogen-bond donors (Lipinski definition) is 0. The molecule has 0 fully saturated rings. The fourth-order valence-corrected chi connectivity index (χ4v) is 11.7. The van der Waals surface area contributed by atoms with Gasteiger partial charge in [-0.25, -0.2) is 0 Å². The first-order chi connectivity index (χ1) is 28.2. The van der Waals surface area contributed by atoms with Gasteiger partial charge in [-0.05, 0) is 139 Å². The Bertz CT molecular complexity index is 3660. The van der Waals surface area contributed by atoms with Crippen LogP contribution in [-0.2, 0) is 0 Å². The van der Waals surface area contributed by atoms with Crippen molar-refractivity contribution < 1.29 is 4.42 Å². The normalized spacial score (nSPS) is 13.0. The quantitative estimate of drug-likeness (QED) is 0.162. The van der Waals surface area contributed by atoms with Crippen molar-refractivity contribution in [1.29, 1.82) is 0 Å². The van der Waals surface area contributed by atoms with Crippen LogP contribution >= 0.6 is 0 Å². The summed E-state index contributed by atoms with van der Waals surface area (Å²) < 4.78 is 12.3. The first-order valence-electron chi connectivity index (χ1n) is 20.5. The van der Waals surface area contributed by atoms with Crippen molar-refractivity contribution in [2.24, 2.45) is 0 Å². The number of furan rings is 1. The van der Waals surface area contributed by atoms with Gasteiger partial charge in [0.25, 0.3) is 0 Å². The van der Waals surface area contributed by atoms with Crippen molar-refractivity contribution in [2.75, 3.05) is 0 Å². The molecular weight excluding hydrogens is 703 g/mol. The second-order valence-corrected chi connectivity index (χ2v) is 17.2. The van der Waals surface area contributed by atoms with E-state index in [4.69, 9.17) is 4.42 Å². The summed E-state index contributed by atoms with van der Waals surface area (Å²) in [5, 5.41) is 7.44. The first kappa shape index (κ1) is 32.3. The molecule has 0 saturated heterocycles. The van der Waals surface area contributed by atoms with Crippen molar-refractivity contribution in [1.82, 2.24) is 9.05 Å². The SMILES string of the molecule is Cc1cc(C)c(-c2ccc3c(c2)c2cc(-c4c(C)cc(C)cc4C)cc4c2n3-c2c3c(cc5c2oc2ccccc25)-c2cccc5c6ccccc6n(c25)B34)c(C)c1. The molecule has 4 heteroatoms. The highest BCUT2D eigenvalue weighted by atomic mass is 16.3. The molecule has 2 aliphatic rings. The minimum absolute atomic E-state index is 0.0775. The van der Waals surface area contributed by atoms with Gasteiger partial charge in [0, 0.05) is 48.9 Å². The molecule has 0 aliphatic carbocycles. The van der Waals surface area contributed by atoms with Crippen LogP contribution in [0.3, 0.4) is 0 Å². The van der Waals surface area contributed by atoms with E-state index in [2.05, 4.69) is 178 Å². The van der Waals surface area contributed by atoms with Crippen LogP contribution in [0, 0.1) is 41.5 Å². The highest BCUT2D eigenvalue weighted by molar-refractivity contribution is 6.90. The Morgan fingerprint density at radius 3 is 1.88 bits per heavy atom. The van der Waals surface area contributed by atoms with Gasteiger partial charge in [-0.2, -0.15) is 0 Å². The molecule has 2 aliphatic heterocycles. The maximum Gasteiger partial charge on any atom is 0.333 e. The topological polar surface area (TPSA) is 23.0 Å². The third-order valence-electron chi connectivity index (χ3n) is 13.6. The van der Waals surface area contributed by atoms with Gasteiger partial charge in [0.05, 0.1) is 16.7 Å². The van der Waals surface area contributed by atoms with Gasteiger partial charge in [-0.1, -0.05) is 102 Å². The van der Waals surface area contributed by atoms with Crippen molar-refractivity contribution in [2.45, 2.75) is 41.5 Å². The number of nitrogens with zero attached hydrogens (tertiary/aromatic N) is 2. The van der Waals surface area contributed by atoms with Crippen LogP contribution in [0.25, 0.3) is 105 Å². The zero-order valence-corrected chi connectivity index (χ0v) is 33.5. The zero-order valence-electron chi connectivity index (χ0n) is 33.5. The van der Waals surface area contributed by atoms with Gasteiger partial charge in [0.2, 0.25) is 0 Å². The van der Waals surface area contributed by atoms with Crippen LogP contribution in [0.1, 0.15) is 33.4 Å². The van der Waals surface area contributed by atoms with Crippen molar-refractivity contribution >= 4 is 83.3 Å². The van der Waals surface area contributed by atoms with Crippen LogP contribution in [0.4, 0.5) is 0 Å². The average molecular weight is 743 g/mol. The zero-order chi connectivity index (χ0) is 38.9. The average Bonchev–Trinajstić information content (AvgIpc) is 3.85. The van der Waals surface area contributed by atoms with Gasteiger partial charge in [-0.15, -0.1) is 0 Å². The molecule has 8 aromatic carbocycles. The molecule has 0 radical (unpaired) electrons. The van der Waals surface area contributed by atoms with E-state index in [0.717, 1.165) is 27.6 Å². The van der Waals surface area contributed by atoms with Crippen molar-refractivity contribution in [3.63, 3.8) is 0 Å². The number of rotatable bonds is 2. The largest absolute Gasteiger partial charge is 0.454 e. The van der Waals surface area contributed by atoms with E-state index < -0.39 is 0 Å². The highest BCUT2D eigenvalue weighted by Gasteiger charge is 2.43. The number of fused-ring (bicyclic) bond motifs is 14. The number of aryl methyl sites for hydroxylation is 6. The molecule has 0 amide bonds. The summed E-state index contributed by atoms with van der Waals surface area (Å²) in [7, 11) is 0. The Labute approximate surface area is 336 Å². The molecule has 3 nitrogen and oxygen atoms in total. The summed E-state index contributed by atoms with van der Waals surface area (Å²) >= 11 is 0. The number of aromatic nitrogens is 2. The summed E-state index contributed by atoms with van der Waals surface area (Å²) in [6.45, 7) is 13.4. The second-order valence-electron chi connectivity index (χ2n) is 17.2. The van der Waals surface area contributed by atoms with E-state index in [0.29, 0.717) is 0 Å². The third-order valence-corrected chi connectivity index (χ3v) is 13.6. The second kappa shape index (κ2) is 11.0. The maximum absolute atomic E-state index is 7.06. The number of hydrogen-bond acceptors (Lipinski definition) is 1. The Morgan fingerprint density at radius 2 is 1.12 bits per heavy atom. The molecule has 13 rings (SSSR count). The lowest BCUT2D eigenvalue weighted by Gasteiger charge is -2.34. The van der Waals surface area contributed by atoms with Crippen LogP contribution in [0.5, 0.6) is 0 Å². The van der Waals surface area contributed by atoms with Crippen LogP contribution in [0.2, 0.25) is 0 Å². The minimum Gasteiger partial charge on any atom is -0.454 e. The summed E-state index contributed by atoms with van der Waals surface area (Å²) in [6.07, 6.45) is 0. The molecule has 0 spiro atoms. The summed E-state index contributed by atoms with van der Waals surface area (Å²) in [5.41, 5.74) is 26.2. The van der Waals surface area contributed by atoms with Gasteiger partial charge in [0.1, 0.15) is 5.58 Å². The van der Waals surface area contributed by atoms with Gasteiger partial charge >= 0.3 is 6.85 Å². The van der Waals surface area contributed by atoms with E-state index in [1.807, 2.05) is 0 Å². The number of para-hydroxylation sites is 3. The lowest BCUT2D eigenvalue weighted by atomic mass is 9.45. The van der Waals surface area contributed by atoms with E-state index in [-0.39, 0.29) is 6.85 Å². The molecule has 0 atom stereocenters. The highest BCUT2D eigenvalue weighted by Crippen LogP contribution is 2.48. The maximum atomic E-state index is 7.06. The fourth-order valence-electron chi connectivity index (χ4n) is 11.7. The number of benzene rings is 8. The molecule has 0 unspecified atom stereocenters. The Balaban J connectivity index is 1.28. The standard InChI is InChI=1S/C54H39BN2O/c1-28-20-30(3)48(31(4)21-28)34-18-19-45-40(24-34)42-25-35(49-32(5)22-29(2)23-33(49)6)26-44-52(42)56(45)53-50-41(27-43-37-13-8-10-17-47(37)58-54(43)53)39-15-11-14-38-36-12-7-9-16-46(36)57(51(38)39)55(44)50/h7-27H,1-6H3. The van der Waals surface area contributed by atoms with Gasteiger partial charge < -0.3 is 13.5 Å². The molecule has 3 aromatic heterocycles. The molecule has 0 N–H and O–H groups in total. The fraction of sp³-hybridized carbons (Fsp3) is 0.111. The van der Waals surface area contributed by atoms with E-state index >= 15 is 0 Å². The van der Waals surface area contributed by atoms with Gasteiger partial charge in [-0.3, -0.25) is 0 Å².